The first-order valence-corrected chi connectivity index (χ1v) is 5.42. The van der Waals surface area contributed by atoms with Crippen LogP contribution in [0.25, 0.3) is 0 Å². The average molecular weight is 234 g/mol. The number of nitriles is 2. The standard InChI is InChI=1S/C12H12ClN3/c1-2-16(7-3-6-14)11-5-4-10(9-15)12(13)8-11/h4-5,8H,2-3,7H2,1H3. The van der Waals surface area contributed by atoms with Crippen LogP contribution in [0.4, 0.5) is 5.69 Å². The molecule has 3 nitrogen and oxygen atoms in total. The van der Waals surface area contributed by atoms with Gasteiger partial charge in [0.2, 0.25) is 0 Å². The molecule has 16 heavy (non-hydrogen) atoms. The Balaban J connectivity index is 2.91. The number of rotatable bonds is 4. The van der Waals surface area contributed by atoms with Crippen molar-refractivity contribution in [3.8, 4) is 12.1 Å². The summed E-state index contributed by atoms with van der Waals surface area (Å²) in [6, 6.07) is 9.45. The highest BCUT2D eigenvalue weighted by Gasteiger charge is 2.06. The zero-order valence-electron chi connectivity index (χ0n) is 9.07. The summed E-state index contributed by atoms with van der Waals surface area (Å²) in [5, 5.41) is 17.8. The molecule has 0 aromatic heterocycles. The SMILES string of the molecule is CCN(CCC#N)c1ccc(C#N)c(Cl)c1. The van der Waals surface area contributed by atoms with Gasteiger partial charge < -0.3 is 4.90 Å². The number of halogens is 1. The van der Waals surface area contributed by atoms with Gasteiger partial charge in [0.25, 0.3) is 0 Å². The van der Waals surface area contributed by atoms with Crippen LogP contribution in [0.3, 0.4) is 0 Å². The van der Waals surface area contributed by atoms with E-state index in [1.54, 1.807) is 12.1 Å². The highest BCUT2D eigenvalue weighted by molar-refractivity contribution is 6.32. The van der Waals surface area contributed by atoms with E-state index in [1.165, 1.54) is 0 Å². The minimum Gasteiger partial charge on any atom is -0.371 e. The summed E-state index contributed by atoms with van der Waals surface area (Å²) in [5.74, 6) is 0. The van der Waals surface area contributed by atoms with Crippen molar-refractivity contribution in [2.45, 2.75) is 13.3 Å². The van der Waals surface area contributed by atoms with Gasteiger partial charge in [-0.1, -0.05) is 11.6 Å². The normalized spacial score (nSPS) is 9.25. The lowest BCUT2D eigenvalue weighted by Crippen LogP contribution is -2.23. The van der Waals surface area contributed by atoms with E-state index in [0.717, 1.165) is 12.2 Å². The molecule has 1 rings (SSSR count). The Morgan fingerprint density at radius 2 is 2.12 bits per heavy atom. The minimum atomic E-state index is 0.454. The van der Waals surface area contributed by atoms with E-state index in [2.05, 4.69) is 11.0 Å². The largest absolute Gasteiger partial charge is 0.371 e. The molecule has 0 spiro atoms. The fourth-order valence-corrected chi connectivity index (χ4v) is 1.66. The molecule has 0 saturated carbocycles. The van der Waals surface area contributed by atoms with Crippen LogP contribution in [0.5, 0.6) is 0 Å². The number of hydrogen-bond acceptors (Lipinski definition) is 3. The Bertz CT molecular complexity index is 443. The van der Waals surface area contributed by atoms with Gasteiger partial charge in [-0.25, -0.2) is 0 Å². The van der Waals surface area contributed by atoms with Crippen LogP contribution in [0.1, 0.15) is 18.9 Å². The van der Waals surface area contributed by atoms with Gasteiger partial charge in [0.1, 0.15) is 6.07 Å². The molecule has 0 heterocycles. The molecule has 1 aromatic rings. The molecule has 0 fully saturated rings. The van der Waals surface area contributed by atoms with Gasteiger partial charge in [0, 0.05) is 18.8 Å². The van der Waals surface area contributed by atoms with Crippen LogP contribution in [-0.2, 0) is 0 Å². The van der Waals surface area contributed by atoms with Gasteiger partial charge in [0.15, 0.2) is 0 Å². The molecule has 0 aliphatic heterocycles. The lowest BCUT2D eigenvalue weighted by atomic mass is 10.2. The van der Waals surface area contributed by atoms with Crippen molar-refractivity contribution in [3.05, 3.63) is 28.8 Å². The van der Waals surface area contributed by atoms with E-state index >= 15 is 0 Å². The molecule has 0 aliphatic rings. The van der Waals surface area contributed by atoms with E-state index in [4.69, 9.17) is 22.1 Å². The second-order valence-corrected chi connectivity index (χ2v) is 3.67. The van der Waals surface area contributed by atoms with Crippen molar-refractivity contribution < 1.29 is 0 Å². The second-order valence-electron chi connectivity index (χ2n) is 3.26. The molecular weight excluding hydrogens is 222 g/mol. The lowest BCUT2D eigenvalue weighted by molar-refractivity contribution is 0.827. The number of hydrogen-bond donors (Lipinski definition) is 0. The van der Waals surface area contributed by atoms with Gasteiger partial charge in [0.05, 0.1) is 23.1 Å². The third-order valence-electron chi connectivity index (χ3n) is 2.31. The van der Waals surface area contributed by atoms with Gasteiger partial charge in [-0.15, -0.1) is 0 Å². The predicted molar refractivity (Wildman–Crippen MR) is 64.3 cm³/mol. The van der Waals surface area contributed by atoms with Crippen molar-refractivity contribution in [1.82, 2.24) is 0 Å². The first-order chi connectivity index (χ1) is 7.72. The van der Waals surface area contributed by atoms with Gasteiger partial charge in [-0.2, -0.15) is 10.5 Å². The van der Waals surface area contributed by atoms with Crippen molar-refractivity contribution in [2.24, 2.45) is 0 Å². The monoisotopic (exact) mass is 233 g/mol. The maximum absolute atomic E-state index is 8.76. The first kappa shape index (κ1) is 12.4. The molecule has 0 radical (unpaired) electrons. The lowest BCUT2D eigenvalue weighted by Gasteiger charge is -2.22. The summed E-state index contributed by atoms with van der Waals surface area (Å²) in [6.07, 6.45) is 0.478. The van der Waals surface area contributed by atoms with Gasteiger partial charge in [-0.05, 0) is 25.1 Å². The third-order valence-corrected chi connectivity index (χ3v) is 2.63. The van der Waals surface area contributed by atoms with Crippen molar-refractivity contribution >= 4 is 17.3 Å². The Kier molecular flexibility index (Phi) is 4.64. The number of nitrogens with zero attached hydrogens (tertiary/aromatic N) is 3. The molecule has 0 aliphatic carbocycles. The van der Waals surface area contributed by atoms with Crippen LogP contribution < -0.4 is 4.90 Å². The minimum absolute atomic E-state index is 0.454. The molecule has 0 unspecified atom stereocenters. The quantitative estimate of drug-likeness (QED) is 0.804. The number of benzene rings is 1. The van der Waals surface area contributed by atoms with Gasteiger partial charge in [-0.3, -0.25) is 0 Å². The average Bonchev–Trinajstić information content (AvgIpc) is 2.30. The van der Waals surface area contributed by atoms with Crippen LogP contribution in [0, 0.1) is 22.7 Å². The Morgan fingerprint density at radius 3 is 2.62 bits per heavy atom. The molecule has 4 heteroatoms. The molecule has 0 bridgehead atoms. The molecule has 1 aromatic carbocycles. The van der Waals surface area contributed by atoms with Crippen LogP contribution in [-0.4, -0.2) is 13.1 Å². The fraction of sp³-hybridized carbons (Fsp3) is 0.333. The maximum atomic E-state index is 8.76. The molecular formula is C12H12ClN3. The predicted octanol–water partition coefficient (Wildman–Crippen LogP) is 2.95. The van der Waals surface area contributed by atoms with Crippen LogP contribution in [0.2, 0.25) is 5.02 Å². The van der Waals surface area contributed by atoms with E-state index in [-0.39, 0.29) is 0 Å². The highest BCUT2D eigenvalue weighted by atomic mass is 35.5. The number of anilines is 1. The summed E-state index contributed by atoms with van der Waals surface area (Å²) in [7, 11) is 0. The molecule has 0 N–H and O–H groups in total. The zero-order chi connectivity index (χ0) is 12.0. The summed E-state index contributed by atoms with van der Waals surface area (Å²) in [6.45, 7) is 3.50. The molecule has 0 atom stereocenters. The van der Waals surface area contributed by atoms with E-state index in [9.17, 15) is 0 Å². The smallest absolute Gasteiger partial charge is 0.101 e. The zero-order valence-corrected chi connectivity index (χ0v) is 9.83. The summed E-state index contributed by atoms with van der Waals surface area (Å²) < 4.78 is 0. The van der Waals surface area contributed by atoms with Crippen LogP contribution >= 0.6 is 11.6 Å². The second kappa shape index (κ2) is 6.00. The third kappa shape index (κ3) is 2.89. The summed E-state index contributed by atoms with van der Waals surface area (Å²) >= 11 is 5.95. The topological polar surface area (TPSA) is 50.8 Å². The maximum Gasteiger partial charge on any atom is 0.101 e. The Morgan fingerprint density at radius 1 is 1.38 bits per heavy atom. The fourth-order valence-electron chi connectivity index (χ4n) is 1.45. The van der Waals surface area contributed by atoms with E-state index < -0.39 is 0 Å². The van der Waals surface area contributed by atoms with Crippen molar-refractivity contribution in [1.29, 1.82) is 10.5 Å². The van der Waals surface area contributed by atoms with Crippen molar-refractivity contribution in [2.75, 3.05) is 18.0 Å². The summed E-state index contributed by atoms with van der Waals surface area (Å²) in [5.41, 5.74) is 1.42. The van der Waals surface area contributed by atoms with Crippen LogP contribution in [0.15, 0.2) is 18.2 Å². The van der Waals surface area contributed by atoms with E-state index in [0.29, 0.717) is 23.6 Å². The Labute approximate surface area is 100 Å². The van der Waals surface area contributed by atoms with Crippen molar-refractivity contribution in [3.63, 3.8) is 0 Å². The first-order valence-electron chi connectivity index (χ1n) is 5.04. The molecule has 0 saturated heterocycles. The van der Waals surface area contributed by atoms with E-state index in [1.807, 2.05) is 19.1 Å². The molecule has 82 valence electrons. The summed E-state index contributed by atoms with van der Waals surface area (Å²) in [4.78, 5) is 2.05. The highest BCUT2D eigenvalue weighted by Crippen LogP contribution is 2.23. The molecule has 0 amide bonds. The van der Waals surface area contributed by atoms with Gasteiger partial charge >= 0.3 is 0 Å². The Hall–Kier alpha value is -1.71.